The molecule has 6 nitrogen and oxygen atoms in total. The maximum Gasteiger partial charge on any atom is 0.119 e. The first-order valence-electron chi connectivity index (χ1n) is 14.1. The number of hydrogen-bond acceptors (Lipinski definition) is 6. The van der Waals surface area contributed by atoms with Gasteiger partial charge >= 0.3 is 0 Å². The van der Waals surface area contributed by atoms with Gasteiger partial charge in [-0.3, -0.25) is 0 Å². The summed E-state index contributed by atoms with van der Waals surface area (Å²) in [6.07, 6.45) is 4.92. The van der Waals surface area contributed by atoms with Gasteiger partial charge < -0.3 is 30.2 Å². The highest BCUT2D eigenvalue weighted by atomic mass is 16.5. The summed E-state index contributed by atoms with van der Waals surface area (Å²) in [6, 6.07) is 14.5. The molecule has 3 aliphatic rings. The second-order valence-corrected chi connectivity index (χ2v) is 11.1. The van der Waals surface area contributed by atoms with E-state index in [9.17, 15) is 10.2 Å². The molecule has 3 aliphatic carbocycles. The van der Waals surface area contributed by atoms with Crippen LogP contribution in [0.5, 0.6) is 11.5 Å². The molecule has 2 aromatic rings. The SMILES string of the molecule is C=C.CC12CC(c3ccc(OCCOCCOCCN)cc3)C3c4ccc(O)cc4CCC3C1CCC2O. The van der Waals surface area contributed by atoms with Crippen molar-refractivity contribution in [1.29, 1.82) is 0 Å². The molecule has 6 unspecified atom stereocenters. The molecule has 2 aromatic carbocycles. The summed E-state index contributed by atoms with van der Waals surface area (Å²) < 4.78 is 16.8. The third-order valence-electron chi connectivity index (χ3n) is 9.10. The largest absolute Gasteiger partial charge is 0.508 e. The molecular weight excluding hydrogens is 478 g/mol. The average molecular weight is 524 g/mol. The van der Waals surface area contributed by atoms with E-state index in [2.05, 4.69) is 50.4 Å². The fourth-order valence-corrected chi connectivity index (χ4v) is 7.43. The van der Waals surface area contributed by atoms with Crippen molar-refractivity contribution in [1.82, 2.24) is 0 Å². The molecule has 0 radical (unpaired) electrons. The number of fused-ring (bicyclic) bond motifs is 5. The molecule has 0 bridgehead atoms. The first-order chi connectivity index (χ1) is 18.5. The third kappa shape index (κ3) is 5.94. The summed E-state index contributed by atoms with van der Waals surface area (Å²) in [5, 5.41) is 21.1. The Kier molecular flexibility index (Phi) is 9.88. The number of phenolic OH excluding ortho intramolecular Hbond substituents is 1. The van der Waals surface area contributed by atoms with Gasteiger partial charge in [-0.2, -0.15) is 0 Å². The zero-order chi connectivity index (χ0) is 27.1. The number of aliphatic hydroxyl groups is 1. The molecule has 6 heteroatoms. The van der Waals surface area contributed by atoms with E-state index in [-0.39, 0.29) is 11.5 Å². The van der Waals surface area contributed by atoms with Crippen LogP contribution in [0.1, 0.15) is 61.1 Å². The normalized spacial score (nSPS) is 29.4. The molecule has 0 saturated heterocycles. The zero-order valence-corrected chi connectivity index (χ0v) is 22.8. The lowest BCUT2D eigenvalue weighted by Gasteiger charge is -2.54. The Balaban J connectivity index is 0.00000164. The van der Waals surface area contributed by atoms with Crippen molar-refractivity contribution in [3.63, 3.8) is 0 Å². The molecule has 208 valence electrons. The second-order valence-electron chi connectivity index (χ2n) is 11.1. The van der Waals surface area contributed by atoms with Crippen LogP contribution >= 0.6 is 0 Å². The van der Waals surface area contributed by atoms with Crippen LogP contribution in [0, 0.1) is 17.3 Å². The minimum Gasteiger partial charge on any atom is -0.508 e. The Labute approximate surface area is 227 Å². The van der Waals surface area contributed by atoms with Crippen molar-refractivity contribution < 1.29 is 24.4 Å². The molecule has 0 heterocycles. The smallest absolute Gasteiger partial charge is 0.119 e. The Morgan fingerprint density at radius 2 is 1.66 bits per heavy atom. The predicted octanol–water partition coefficient (Wildman–Crippen LogP) is 5.18. The van der Waals surface area contributed by atoms with E-state index in [1.165, 1.54) is 16.7 Å². The van der Waals surface area contributed by atoms with E-state index >= 15 is 0 Å². The van der Waals surface area contributed by atoms with Gasteiger partial charge in [-0.1, -0.05) is 25.1 Å². The van der Waals surface area contributed by atoms with Crippen molar-refractivity contribution >= 4 is 0 Å². The van der Waals surface area contributed by atoms with Gasteiger partial charge in [0, 0.05) is 6.54 Å². The molecule has 0 amide bonds. The third-order valence-corrected chi connectivity index (χ3v) is 9.10. The Morgan fingerprint density at radius 1 is 0.947 bits per heavy atom. The average Bonchev–Trinajstić information content (AvgIpc) is 3.24. The summed E-state index contributed by atoms with van der Waals surface area (Å²) in [5.74, 6) is 3.06. The topological polar surface area (TPSA) is 94.2 Å². The minimum absolute atomic E-state index is 0.0410. The monoisotopic (exact) mass is 523 g/mol. The van der Waals surface area contributed by atoms with Crippen LogP contribution in [-0.4, -0.2) is 55.9 Å². The van der Waals surface area contributed by atoms with Gasteiger partial charge in [0.25, 0.3) is 0 Å². The molecule has 2 fully saturated rings. The summed E-state index contributed by atoms with van der Waals surface area (Å²) in [5.41, 5.74) is 9.35. The van der Waals surface area contributed by atoms with Gasteiger partial charge in [0.1, 0.15) is 18.1 Å². The second kappa shape index (κ2) is 13.1. The highest BCUT2D eigenvalue weighted by molar-refractivity contribution is 5.43. The van der Waals surface area contributed by atoms with E-state index in [4.69, 9.17) is 19.9 Å². The van der Waals surface area contributed by atoms with Crippen molar-refractivity contribution in [3.8, 4) is 11.5 Å². The predicted molar refractivity (Wildman–Crippen MR) is 151 cm³/mol. The summed E-state index contributed by atoms with van der Waals surface area (Å²) in [4.78, 5) is 0. The van der Waals surface area contributed by atoms with Gasteiger partial charge in [-0.15, -0.1) is 13.2 Å². The van der Waals surface area contributed by atoms with Crippen LogP contribution in [0.15, 0.2) is 55.6 Å². The molecule has 4 N–H and O–H groups in total. The van der Waals surface area contributed by atoms with Crippen molar-refractivity contribution in [3.05, 3.63) is 72.3 Å². The number of phenols is 1. The lowest BCUT2D eigenvalue weighted by atomic mass is 9.51. The first-order valence-corrected chi connectivity index (χ1v) is 14.1. The Hall–Kier alpha value is -2.38. The number of hydrogen-bond donors (Lipinski definition) is 3. The van der Waals surface area contributed by atoms with Crippen molar-refractivity contribution in [2.45, 2.75) is 57.0 Å². The number of aryl methyl sites for hydroxylation is 1. The summed E-state index contributed by atoms with van der Waals surface area (Å²) >= 11 is 0. The number of aliphatic hydroxyl groups excluding tert-OH is 1. The number of benzene rings is 2. The van der Waals surface area contributed by atoms with E-state index in [1.54, 1.807) is 0 Å². The standard InChI is InChI=1S/C30H41NO5.C2H4/c1-30-19-26(20-2-6-23(7-3-20)36-17-16-35-15-14-34-13-12-31)29-24-9-5-22(32)18-21(24)4-8-25(29)27(30)10-11-28(30)33;1-2/h2-3,5-7,9,18,25-29,32-33H,4,8,10-17,19,31H2,1H3;1-2H2. The molecule has 0 aliphatic heterocycles. The molecule has 6 atom stereocenters. The molecule has 0 aromatic heterocycles. The van der Waals surface area contributed by atoms with Gasteiger partial charge in [-0.25, -0.2) is 0 Å². The molecular formula is C32H45NO5. The van der Waals surface area contributed by atoms with Crippen LogP contribution in [0.3, 0.4) is 0 Å². The van der Waals surface area contributed by atoms with Crippen LogP contribution in [0.2, 0.25) is 0 Å². The summed E-state index contributed by atoms with van der Waals surface area (Å²) in [7, 11) is 0. The fourth-order valence-electron chi connectivity index (χ4n) is 7.43. The van der Waals surface area contributed by atoms with Gasteiger partial charge in [0.15, 0.2) is 0 Å². The van der Waals surface area contributed by atoms with Crippen LogP contribution in [0.4, 0.5) is 0 Å². The highest BCUT2D eigenvalue weighted by Gasteiger charge is 2.57. The van der Waals surface area contributed by atoms with E-state index in [1.807, 2.05) is 12.1 Å². The van der Waals surface area contributed by atoms with E-state index in [0.29, 0.717) is 69.0 Å². The number of rotatable bonds is 10. The van der Waals surface area contributed by atoms with Crippen LogP contribution in [0.25, 0.3) is 0 Å². The molecule has 2 saturated carbocycles. The minimum atomic E-state index is -0.226. The van der Waals surface area contributed by atoms with Gasteiger partial charge in [0.05, 0.1) is 32.5 Å². The molecule has 5 rings (SSSR count). The van der Waals surface area contributed by atoms with E-state index < -0.39 is 0 Å². The molecule has 38 heavy (non-hydrogen) atoms. The Bertz CT molecular complexity index is 1030. The van der Waals surface area contributed by atoms with Crippen LogP contribution in [-0.2, 0) is 15.9 Å². The first kappa shape index (κ1) is 28.6. The lowest BCUT2D eigenvalue weighted by molar-refractivity contribution is -0.0323. The number of ether oxygens (including phenoxy) is 3. The van der Waals surface area contributed by atoms with Gasteiger partial charge in [-0.05, 0) is 102 Å². The number of aromatic hydroxyl groups is 1. The maximum absolute atomic E-state index is 11.0. The quantitative estimate of drug-likeness (QED) is 0.294. The Morgan fingerprint density at radius 3 is 2.39 bits per heavy atom. The zero-order valence-electron chi connectivity index (χ0n) is 22.8. The highest BCUT2D eigenvalue weighted by Crippen LogP contribution is 2.65. The molecule has 0 spiro atoms. The lowest BCUT2D eigenvalue weighted by Crippen LogP contribution is -2.47. The summed E-state index contributed by atoms with van der Waals surface area (Å²) in [6.45, 7) is 11.5. The number of nitrogens with two attached hydrogens (primary N) is 1. The van der Waals surface area contributed by atoms with Crippen molar-refractivity contribution in [2.75, 3.05) is 39.6 Å². The van der Waals surface area contributed by atoms with Crippen molar-refractivity contribution in [2.24, 2.45) is 23.0 Å². The van der Waals surface area contributed by atoms with Crippen LogP contribution < -0.4 is 10.5 Å². The van der Waals surface area contributed by atoms with E-state index in [0.717, 1.165) is 37.9 Å². The fraction of sp³-hybridized carbons (Fsp3) is 0.562. The maximum atomic E-state index is 11.0. The van der Waals surface area contributed by atoms with Gasteiger partial charge in [0.2, 0.25) is 0 Å².